The van der Waals surface area contributed by atoms with Gasteiger partial charge in [0.2, 0.25) is 10.0 Å². The largest absolute Gasteiger partial charge is 0.373 e. The van der Waals surface area contributed by atoms with Gasteiger partial charge < -0.3 is 10.6 Å². The van der Waals surface area contributed by atoms with Crippen molar-refractivity contribution < 1.29 is 8.42 Å². The Kier molecular flexibility index (Phi) is 4.97. The fourth-order valence-corrected chi connectivity index (χ4v) is 1.82. The highest BCUT2D eigenvalue weighted by Crippen LogP contribution is 2.16. The molecule has 96 valence electrons. The van der Waals surface area contributed by atoms with E-state index in [9.17, 15) is 8.42 Å². The average Bonchev–Trinajstić information content (AvgIpc) is 2.26. The van der Waals surface area contributed by atoms with E-state index in [2.05, 4.69) is 20.6 Å². The van der Waals surface area contributed by atoms with Gasteiger partial charge in [0, 0.05) is 19.7 Å². The third-order valence-corrected chi connectivity index (χ3v) is 3.16. The van der Waals surface area contributed by atoms with Gasteiger partial charge in [-0.15, -0.1) is 0 Å². The maximum absolute atomic E-state index is 10.8. The van der Waals surface area contributed by atoms with Gasteiger partial charge in [-0.1, -0.05) is 11.8 Å². The molecular formula is C8H15N5O2S2. The van der Waals surface area contributed by atoms with Crippen LogP contribution in [0.1, 0.15) is 0 Å². The van der Waals surface area contributed by atoms with Crippen LogP contribution in [0.25, 0.3) is 0 Å². The second-order valence-corrected chi connectivity index (χ2v) is 5.68. The van der Waals surface area contributed by atoms with Crippen LogP contribution in [0.5, 0.6) is 0 Å². The zero-order valence-corrected chi connectivity index (χ0v) is 11.2. The van der Waals surface area contributed by atoms with Crippen molar-refractivity contribution >= 4 is 33.4 Å². The summed E-state index contributed by atoms with van der Waals surface area (Å²) in [5.74, 6) is 1.10. The van der Waals surface area contributed by atoms with Crippen LogP contribution in [0.2, 0.25) is 0 Å². The predicted octanol–water partition coefficient (Wildman–Crippen LogP) is -0.0594. The summed E-state index contributed by atoms with van der Waals surface area (Å²) in [6, 6.07) is 1.70. The minimum Gasteiger partial charge on any atom is -0.373 e. The van der Waals surface area contributed by atoms with E-state index in [0.717, 1.165) is 0 Å². The van der Waals surface area contributed by atoms with Crippen molar-refractivity contribution in [2.75, 3.05) is 36.2 Å². The van der Waals surface area contributed by atoms with Gasteiger partial charge in [-0.25, -0.2) is 23.5 Å². The van der Waals surface area contributed by atoms with Crippen molar-refractivity contribution in [3.63, 3.8) is 0 Å². The average molecular weight is 277 g/mol. The Morgan fingerprint density at radius 1 is 1.41 bits per heavy atom. The minimum atomic E-state index is -3.45. The first-order valence-electron chi connectivity index (χ1n) is 4.80. The highest BCUT2D eigenvalue weighted by molar-refractivity contribution is 7.98. The number of anilines is 2. The number of aromatic nitrogens is 2. The van der Waals surface area contributed by atoms with E-state index in [1.165, 1.54) is 11.8 Å². The number of primary sulfonamides is 1. The van der Waals surface area contributed by atoms with Crippen LogP contribution in [-0.4, -0.2) is 44.0 Å². The van der Waals surface area contributed by atoms with Gasteiger partial charge in [0.25, 0.3) is 0 Å². The van der Waals surface area contributed by atoms with Crippen molar-refractivity contribution in [1.29, 1.82) is 0 Å². The fraction of sp³-hybridized carbons (Fsp3) is 0.500. The van der Waals surface area contributed by atoms with Crippen molar-refractivity contribution in [1.82, 2.24) is 9.97 Å². The molecule has 0 aromatic carbocycles. The smallest absolute Gasteiger partial charge is 0.210 e. The van der Waals surface area contributed by atoms with Gasteiger partial charge in [-0.2, -0.15) is 0 Å². The molecule has 17 heavy (non-hydrogen) atoms. The van der Waals surface area contributed by atoms with Gasteiger partial charge in [-0.3, -0.25) is 0 Å². The summed E-state index contributed by atoms with van der Waals surface area (Å²) in [4.78, 5) is 8.37. The summed E-state index contributed by atoms with van der Waals surface area (Å²) < 4.78 is 21.5. The van der Waals surface area contributed by atoms with Gasteiger partial charge >= 0.3 is 0 Å². The summed E-state index contributed by atoms with van der Waals surface area (Å²) in [6.45, 7) is 0.215. The molecule has 9 heteroatoms. The summed E-state index contributed by atoms with van der Waals surface area (Å²) >= 11 is 1.41. The molecule has 0 spiro atoms. The minimum absolute atomic E-state index is 0.138. The monoisotopic (exact) mass is 277 g/mol. The zero-order valence-electron chi connectivity index (χ0n) is 9.60. The molecule has 0 atom stereocenters. The number of nitrogens with two attached hydrogens (primary N) is 1. The van der Waals surface area contributed by atoms with Crippen LogP contribution in [0.4, 0.5) is 11.6 Å². The van der Waals surface area contributed by atoms with Gasteiger partial charge in [0.1, 0.15) is 11.6 Å². The second-order valence-electron chi connectivity index (χ2n) is 3.17. The Morgan fingerprint density at radius 3 is 2.59 bits per heavy atom. The molecular weight excluding hydrogens is 262 g/mol. The molecule has 1 aromatic heterocycles. The normalized spacial score (nSPS) is 11.2. The topological polar surface area (TPSA) is 110 Å². The number of nitrogens with zero attached hydrogens (tertiary/aromatic N) is 2. The van der Waals surface area contributed by atoms with Crippen LogP contribution < -0.4 is 15.8 Å². The Hall–Kier alpha value is -1.06. The number of hydrogen-bond donors (Lipinski definition) is 3. The molecule has 1 heterocycles. The number of rotatable bonds is 6. The van der Waals surface area contributed by atoms with E-state index in [-0.39, 0.29) is 12.3 Å². The summed E-state index contributed by atoms with van der Waals surface area (Å²) in [7, 11) is -1.70. The van der Waals surface area contributed by atoms with Crippen LogP contribution in [0.15, 0.2) is 11.2 Å². The molecule has 0 saturated carbocycles. The van der Waals surface area contributed by atoms with Crippen molar-refractivity contribution in [3.8, 4) is 0 Å². The Labute approximate surface area is 105 Å². The lowest BCUT2D eigenvalue weighted by molar-refractivity contribution is 0.598. The Balaban J connectivity index is 2.70. The van der Waals surface area contributed by atoms with Crippen LogP contribution in [0, 0.1) is 0 Å². The van der Waals surface area contributed by atoms with E-state index in [0.29, 0.717) is 16.8 Å². The lowest BCUT2D eigenvalue weighted by Gasteiger charge is -2.08. The number of thioether (sulfide) groups is 1. The van der Waals surface area contributed by atoms with Gasteiger partial charge in [0.05, 0.1) is 5.75 Å². The fourth-order valence-electron chi connectivity index (χ4n) is 1.06. The van der Waals surface area contributed by atoms with E-state index in [1.54, 1.807) is 13.1 Å². The first-order chi connectivity index (χ1) is 7.94. The Bertz CT molecular complexity index is 455. The van der Waals surface area contributed by atoms with Gasteiger partial charge in [0.15, 0.2) is 5.16 Å². The summed E-state index contributed by atoms with van der Waals surface area (Å²) in [5.41, 5.74) is 0. The molecule has 0 amide bonds. The number of hydrogen-bond acceptors (Lipinski definition) is 7. The molecule has 7 nitrogen and oxygen atoms in total. The number of sulfonamides is 1. The highest BCUT2D eigenvalue weighted by Gasteiger charge is 2.05. The van der Waals surface area contributed by atoms with Crippen molar-refractivity contribution in [3.05, 3.63) is 6.07 Å². The molecule has 4 N–H and O–H groups in total. The second kappa shape index (κ2) is 6.03. The quantitative estimate of drug-likeness (QED) is 0.493. The van der Waals surface area contributed by atoms with Crippen molar-refractivity contribution in [2.24, 2.45) is 5.14 Å². The molecule has 0 aliphatic heterocycles. The Morgan fingerprint density at radius 2 is 2.06 bits per heavy atom. The van der Waals surface area contributed by atoms with E-state index in [1.807, 2.05) is 6.26 Å². The molecule has 1 rings (SSSR count). The summed E-state index contributed by atoms with van der Waals surface area (Å²) in [5, 5.41) is 11.3. The predicted molar refractivity (Wildman–Crippen MR) is 69.8 cm³/mol. The molecule has 0 aliphatic carbocycles. The SMILES string of the molecule is CNc1cc(NCCS(N)(=O)=O)nc(SC)n1. The van der Waals surface area contributed by atoms with Crippen LogP contribution in [-0.2, 0) is 10.0 Å². The molecule has 1 aromatic rings. The molecule has 0 bridgehead atoms. The molecule has 0 unspecified atom stereocenters. The number of nitrogens with one attached hydrogen (secondary N) is 2. The third-order valence-electron chi connectivity index (χ3n) is 1.84. The highest BCUT2D eigenvalue weighted by atomic mass is 32.2. The molecule has 0 saturated heterocycles. The lowest BCUT2D eigenvalue weighted by atomic mass is 10.5. The van der Waals surface area contributed by atoms with Crippen LogP contribution >= 0.6 is 11.8 Å². The van der Waals surface area contributed by atoms with Crippen LogP contribution in [0.3, 0.4) is 0 Å². The van der Waals surface area contributed by atoms with E-state index >= 15 is 0 Å². The summed E-state index contributed by atoms with van der Waals surface area (Å²) in [6.07, 6.45) is 1.86. The first kappa shape index (κ1) is 14.0. The van der Waals surface area contributed by atoms with Crippen molar-refractivity contribution in [2.45, 2.75) is 5.16 Å². The van der Waals surface area contributed by atoms with E-state index in [4.69, 9.17) is 5.14 Å². The maximum Gasteiger partial charge on any atom is 0.210 e. The lowest BCUT2D eigenvalue weighted by Crippen LogP contribution is -2.22. The standard InChI is InChI=1S/C8H15N5O2S2/c1-10-6-5-7(13-8(12-6)16-2)11-3-4-17(9,14)15/h5H,3-4H2,1-2H3,(H2,9,14,15)(H2,10,11,12,13). The molecule has 0 aliphatic rings. The molecule has 0 fully saturated rings. The first-order valence-corrected chi connectivity index (χ1v) is 7.74. The van der Waals surface area contributed by atoms with E-state index < -0.39 is 10.0 Å². The molecule has 0 radical (unpaired) electrons. The maximum atomic E-state index is 10.8. The third kappa shape index (κ3) is 5.20. The van der Waals surface area contributed by atoms with Gasteiger partial charge in [-0.05, 0) is 6.26 Å². The zero-order chi connectivity index (χ0) is 12.9.